The first-order valence-corrected chi connectivity index (χ1v) is 4.80. The van der Waals surface area contributed by atoms with Crippen LogP contribution in [0.3, 0.4) is 0 Å². The number of aliphatic carboxylic acids is 1. The normalized spacial score (nSPS) is 15.6. The summed E-state index contributed by atoms with van der Waals surface area (Å²) in [5.74, 6) is -1.79. The van der Waals surface area contributed by atoms with E-state index in [-0.39, 0.29) is 18.3 Å². The molecule has 1 heterocycles. The van der Waals surface area contributed by atoms with Gasteiger partial charge in [-0.3, -0.25) is 4.79 Å². The topological polar surface area (TPSA) is 81.8 Å². The molecule has 18 heavy (non-hydrogen) atoms. The van der Waals surface area contributed by atoms with Crippen molar-refractivity contribution in [3.63, 3.8) is 0 Å². The minimum absolute atomic E-state index is 0.0506. The second-order valence-corrected chi connectivity index (χ2v) is 3.57. The summed E-state index contributed by atoms with van der Waals surface area (Å²) in [5.41, 5.74) is 3.52. The Morgan fingerprint density at radius 1 is 1.39 bits per heavy atom. The van der Waals surface area contributed by atoms with Gasteiger partial charge >= 0.3 is 12.1 Å². The maximum absolute atomic E-state index is 12.8. The number of benzene rings is 1. The Morgan fingerprint density at radius 3 is 2.61 bits per heavy atom. The first kappa shape index (κ1) is 12.5. The number of nitrogens with two attached hydrogens (primary N) is 1. The molecule has 0 amide bonds. The van der Waals surface area contributed by atoms with Crippen LogP contribution in [0.2, 0.25) is 0 Å². The Hall–Kier alpha value is -1.96. The summed E-state index contributed by atoms with van der Waals surface area (Å²) in [6.45, 7) is -0.268. The van der Waals surface area contributed by atoms with E-state index >= 15 is 0 Å². The number of hydrogen-bond donors (Lipinski definition) is 2. The number of hydrogen-bond acceptors (Lipinski definition) is 4. The van der Waals surface area contributed by atoms with Gasteiger partial charge in [0.25, 0.3) is 0 Å². The van der Waals surface area contributed by atoms with Crippen LogP contribution in [0.1, 0.15) is 17.2 Å². The monoisotopic (exact) mass is 263 g/mol. The zero-order chi connectivity index (χ0) is 13.5. The third-order valence-corrected chi connectivity index (χ3v) is 2.46. The standard InChI is InChI=1S/C10H8F3NO4/c11-10(12,13)4-1-2-5-8(18-3-17-5)6(4)7(14)9(15)16/h1-2,7H,3,14H2,(H,15,16). The van der Waals surface area contributed by atoms with Gasteiger partial charge in [0.05, 0.1) is 5.56 Å². The van der Waals surface area contributed by atoms with Crippen molar-refractivity contribution in [1.82, 2.24) is 0 Å². The quantitative estimate of drug-likeness (QED) is 0.845. The van der Waals surface area contributed by atoms with Crippen LogP contribution < -0.4 is 15.2 Å². The second kappa shape index (κ2) is 4.05. The summed E-state index contributed by atoms with van der Waals surface area (Å²) >= 11 is 0. The molecule has 0 fully saturated rings. The van der Waals surface area contributed by atoms with E-state index < -0.39 is 29.3 Å². The van der Waals surface area contributed by atoms with Crippen molar-refractivity contribution in [3.8, 4) is 11.5 Å². The highest BCUT2D eigenvalue weighted by atomic mass is 19.4. The van der Waals surface area contributed by atoms with Crippen LogP contribution in [-0.2, 0) is 11.0 Å². The smallest absolute Gasteiger partial charge is 0.416 e. The largest absolute Gasteiger partial charge is 0.480 e. The summed E-state index contributed by atoms with van der Waals surface area (Å²) < 4.78 is 48.2. The predicted molar refractivity (Wildman–Crippen MR) is 52.1 cm³/mol. The van der Waals surface area contributed by atoms with E-state index in [1.807, 2.05) is 0 Å². The van der Waals surface area contributed by atoms with Crippen LogP contribution in [0.15, 0.2) is 12.1 Å². The first-order valence-electron chi connectivity index (χ1n) is 4.80. The van der Waals surface area contributed by atoms with Gasteiger partial charge in [-0.25, -0.2) is 0 Å². The van der Waals surface area contributed by atoms with Gasteiger partial charge in [0.2, 0.25) is 6.79 Å². The van der Waals surface area contributed by atoms with Crippen LogP contribution in [0, 0.1) is 0 Å². The number of carboxylic acid groups (broad SMARTS) is 1. The lowest BCUT2D eigenvalue weighted by molar-refractivity contribution is -0.141. The second-order valence-electron chi connectivity index (χ2n) is 3.57. The SMILES string of the molecule is NC(C(=O)O)c1c(C(F)(F)F)ccc2c1OCO2. The Balaban J connectivity index is 2.65. The maximum Gasteiger partial charge on any atom is 0.416 e. The van der Waals surface area contributed by atoms with Gasteiger partial charge < -0.3 is 20.3 Å². The van der Waals surface area contributed by atoms with E-state index in [9.17, 15) is 18.0 Å². The molecular weight excluding hydrogens is 255 g/mol. The summed E-state index contributed by atoms with van der Waals surface area (Å²) in [5, 5.41) is 8.77. The lowest BCUT2D eigenvalue weighted by Gasteiger charge is -2.17. The van der Waals surface area contributed by atoms with Crippen LogP contribution >= 0.6 is 0 Å². The summed E-state index contributed by atoms with van der Waals surface area (Å²) in [6, 6.07) is -0.0345. The van der Waals surface area contributed by atoms with Gasteiger partial charge in [-0.2, -0.15) is 13.2 Å². The van der Waals surface area contributed by atoms with E-state index in [0.29, 0.717) is 0 Å². The van der Waals surface area contributed by atoms with Crippen molar-refractivity contribution >= 4 is 5.97 Å². The molecule has 0 radical (unpaired) electrons. The molecule has 0 aromatic heterocycles. The number of fused-ring (bicyclic) bond motifs is 1. The van der Waals surface area contributed by atoms with Gasteiger partial charge in [-0.15, -0.1) is 0 Å². The minimum atomic E-state index is -4.72. The average molecular weight is 263 g/mol. The predicted octanol–water partition coefficient (Wildman–Crippen LogP) is 1.52. The van der Waals surface area contributed by atoms with Crippen molar-refractivity contribution in [1.29, 1.82) is 0 Å². The number of rotatable bonds is 2. The van der Waals surface area contributed by atoms with Gasteiger partial charge in [0, 0.05) is 5.56 Å². The van der Waals surface area contributed by atoms with Crippen molar-refractivity contribution in [3.05, 3.63) is 23.3 Å². The van der Waals surface area contributed by atoms with Gasteiger partial charge in [0.1, 0.15) is 6.04 Å². The fraction of sp³-hybridized carbons (Fsp3) is 0.300. The maximum atomic E-state index is 12.8. The molecule has 1 aromatic carbocycles. The molecule has 0 bridgehead atoms. The molecule has 0 saturated heterocycles. The highest BCUT2D eigenvalue weighted by molar-refractivity contribution is 5.78. The molecule has 3 N–H and O–H groups in total. The molecule has 0 aliphatic carbocycles. The Labute approximate surface area is 98.9 Å². The molecule has 1 aliphatic rings. The van der Waals surface area contributed by atoms with E-state index in [1.165, 1.54) is 0 Å². The highest BCUT2D eigenvalue weighted by Gasteiger charge is 2.40. The third-order valence-electron chi connectivity index (χ3n) is 2.46. The number of ether oxygens (including phenoxy) is 2. The van der Waals surface area contributed by atoms with Crippen LogP contribution in [0.25, 0.3) is 0 Å². The van der Waals surface area contributed by atoms with Crippen molar-refractivity contribution in [2.24, 2.45) is 5.73 Å². The first-order chi connectivity index (χ1) is 8.32. The van der Waals surface area contributed by atoms with E-state index in [2.05, 4.69) is 0 Å². The van der Waals surface area contributed by atoms with Crippen molar-refractivity contribution < 1.29 is 32.5 Å². The van der Waals surface area contributed by atoms with E-state index in [1.54, 1.807) is 0 Å². The highest BCUT2D eigenvalue weighted by Crippen LogP contribution is 2.45. The van der Waals surface area contributed by atoms with Crippen molar-refractivity contribution in [2.45, 2.75) is 12.2 Å². The lowest BCUT2D eigenvalue weighted by Crippen LogP contribution is -2.25. The third kappa shape index (κ3) is 1.94. The number of alkyl halides is 3. The molecule has 1 unspecified atom stereocenters. The molecule has 5 nitrogen and oxygen atoms in total. The van der Waals surface area contributed by atoms with E-state index in [0.717, 1.165) is 12.1 Å². The molecule has 0 saturated carbocycles. The zero-order valence-corrected chi connectivity index (χ0v) is 8.82. The van der Waals surface area contributed by atoms with E-state index in [4.69, 9.17) is 20.3 Å². The van der Waals surface area contributed by atoms with Gasteiger partial charge in [0.15, 0.2) is 11.5 Å². The average Bonchev–Trinajstić information content (AvgIpc) is 2.72. The molecule has 2 rings (SSSR count). The molecule has 1 atom stereocenters. The molecule has 1 aromatic rings. The van der Waals surface area contributed by atoms with Crippen LogP contribution in [0.5, 0.6) is 11.5 Å². The Morgan fingerprint density at radius 2 is 2.06 bits per heavy atom. The summed E-state index contributed by atoms with van der Waals surface area (Å²) in [7, 11) is 0. The Bertz CT molecular complexity index is 501. The number of carboxylic acids is 1. The molecular formula is C10H8F3NO4. The van der Waals surface area contributed by atoms with Crippen LogP contribution in [0.4, 0.5) is 13.2 Å². The summed E-state index contributed by atoms with van der Waals surface area (Å²) in [6.07, 6.45) is -4.72. The molecule has 1 aliphatic heterocycles. The zero-order valence-electron chi connectivity index (χ0n) is 8.82. The minimum Gasteiger partial charge on any atom is -0.480 e. The fourth-order valence-corrected chi connectivity index (χ4v) is 1.67. The lowest BCUT2D eigenvalue weighted by atomic mass is 9.98. The van der Waals surface area contributed by atoms with Crippen LogP contribution in [-0.4, -0.2) is 17.9 Å². The van der Waals surface area contributed by atoms with Crippen molar-refractivity contribution in [2.75, 3.05) is 6.79 Å². The van der Waals surface area contributed by atoms with Gasteiger partial charge in [-0.1, -0.05) is 0 Å². The fourth-order valence-electron chi connectivity index (χ4n) is 1.67. The summed E-state index contributed by atoms with van der Waals surface area (Å²) in [4.78, 5) is 10.8. The van der Waals surface area contributed by atoms with Gasteiger partial charge in [-0.05, 0) is 12.1 Å². The molecule has 0 spiro atoms. The molecule has 8 heteroatoms. The number of halogens is 3. The Kier molecular flexibility index (Phi) is 2.81. The molecule has 98 valence electrons. The number of carbonyl (C=O) groups is 1.